The minimum Gasteiger partial charge on any atom is -0.467 e. The summed E-state index contributed by atoms with van der Waals surface area (Å²) in [4.78, 5) is 14.5. The molecule has 0 aromatic heterocycles. The number of carbonyl (C=O) groups is 1. The summed E-state index contributed by atoms with van der Waals surface area (Å²) in [5.41, 5.74) is 2.29. The number of hydrogen-bond acceptors (Lipinski definition) is 2. The number of carbonyl (C=O) groups excluding carboxylic acids is 1. The van der Waals surface area contributed by atoms with E-state index in [4.69, 9.17) is 16.3 Å². The summed E-state index contributed by atoms with van der Waals surface area (Å²) in [6, 6.07) is 13.4. The summed E-state index contributed by atoms with van der Waals surface area (Å²) in [6.45, 7) is 6.27. The molecule has 0 spiro atoms. The van der Waals surface area contributed by atoms with Crippen LogP contribution in [0.25, 0.3) is 0 Å². The lowest BCUT2D eigenvalue weighted by Gasteiger charge is -2.50. The zero-order valence-corrected chi connectivity index (χ0v) is 15.3. The molecule has 1 N–H and O–H groups in total. The summed E-state index contributed by atoms with van der Waals surface area (Å²) >= 11 is 6.11. The van der Waals surface area contributed by atoms with Crippen LogP contribution in [0.5, 0.6) is 5.75 Å². The van der Waals surface area contributed by atoms with Gasteiger partial charge in [0.05, 0.1) is 6.04 Å². The van der Waals surface area contributed by atoms with Crippen LogP contribution in [0.4, 0.5) is 10.5 Å². The average molecular weight is 357 g/mol. The van der Waals surface area contributed by atoms with E-state index in [-0.39, 0.29) is 12.1 Å². The molecule has 0 aliphatic carbocycles. The molecule has 2 aliphatic rings. The first-order valence-corrected chi connectivity index (χ1v) is 8.94. The molecule has 2 atom stereocenters. The van der Waals surface area contributed by atoms with Gasteiger partial charge in [-0.25, -0.2) is 4.79 Å². The predicted octanol–water partition coefficient (Wildman–Crippen LogP) is 5.23. The van der Waals surface area contributed by atoms with Gasteiger partial charge in [-0.2, -0.15) is 0 Å². The zero-order chi connectivity index (χ0) is 17.8. The molecule has 25 heavy (non-hydrogen) atoms. The van der Waals surface area contributed by atoms with E-state index < -0.39 is 5.72 Å². The Hall–Kier alpha value is -2.20. The number of ether oxygens (including phenoxy) is 1. The smallest absolute Gasteiger partial charge is 0.325 e. The van der Waals surface area contributed by atoms with Crippen LogP contribution in [0.2, 0.25) is 5.02 Å². The van der Waals surface area contributed by atoms with Crippen molar-refractivity contribution < 1.29 is 9.53 Å². The van der Waals surface area contributed by atoms with E-state index in [1.807, 2.05) is 37.3 Å². The van der Waals surface area contributed by atoms with Crippen molar-refractivity contribution in [2.24, 2.45) is 0 Å². The molecule has 130 valence electrons. The highest BCUT2D eigenvalue weighted by Gasteiger charge is 2.49. The van der Waals surface area contributed by atoms with Crippen LogP contribution in [-0.2, 0) is 0 Å². The summed E-state index contributed by atoms with van der Waals surface area (Å²) in [5, 5.41) is 3.74. The number of urea groups is 1. The Morgan fingerprint density at radius 1 is 1.24 bits per heavy atom. The third-order valence-electron chi connectivity index (χ3n) is 5.05. The van der Waals surface area contributed by atoms with Gasteiger partial charge >= 0.3 is 6.03 Å². The highest BCUT2D eigenvalue weighted by atomic mass is 35.5. The van der Waals surface area contributed by atoms with E-state index in [0.717, 1.165) is 17.0 Å². The second kappa shape index (κ2) is 5.67. The lowest BCUT2D eigenvalue weighted by atomic mass is 9.90. The Morgan fingerprint density at radius 2 is 1.96 bits per heavy atom. The van der Waals surface area contributed by atoms with E-state index in [2.05, 4.69) is 31.3 Å². The van der Waals surface area contributed by atoms with Crippen molar-refractivity contribution in [3.8, 4) is 5.75 Å². The van der Waals surface area contributed by atoms with Gasteiger partial charge in [-0.15, -0.1) is 0 Å². The van der Waals surface area contributed by atoms with Crippen LogP contribution in [0.3, 0.4) is 0 Å². The molecule has 1 saturated heterocycles. The van der Waals surface area contributed by atoms with Crippen LogP contribution >= 0.6 is 11.6 Å². The molecule has 1 fully saturated rings. The molecule has 2 aromatic rings. The van der Waals surface area contributed by atoms with Crippen molar-refractivity contribution >= 4 is 23.3 Å². The number of halogens is 1. The van der Waals surface area contributed by atoms with Gasteiger partial charge in [0.1, 0.15) is 5.75 Å². The molecule has 0 unspecified atom stereocenters. The molecular formula is C20H21ClN2O2. The predicted molar refractivity (Wildman–Crippen MR) is 99.4 cm³/mol. The Morgan fingerprint density at radius 3 is 2.64 bits per heavy atom. The quantitative estimate of drug-likeness (QED) is 0.800. The first-order chi connectivity index (χ1) is 11.9. The topological polar surface area (TPSA) is 41.6 Å². The molecule has 5 heteroatoms. The van der Waals surface area contributed by atoms with Gasteiger partial charge in [0, 0.05) is 22.7 Å². The average Bonchev–Trinajstić information content (AvgIpc) is 2.55. The molecule has 2 amide bonds. The maximum atomic E-state index is 12.8. The third kappa shape index (κ3) is 2.65. The van der Waals surface area contributed by atoms with E-state index in [1.165, 1.54) is 5.56 Å². The fourth-order valence-electron chi connectivity index (χ4n) is 3.74. The van der Waals surface area contributed by atoms with Crippen LogP contribution in [0.15, 0.2) is 42.5 Å². The highest BCUT2D eigenvalue weighted by Crippen LogP contribution is 2.46. The zero-order valence-electron chi connectivity index (χ0n) is 14.5. The van der Waals surface area contributed by atoms with Gasteiger partial charge in [0.2, 0.25) is 0 Å². The number of benzene rings is 2. The van der Waals surface area contributed by atoms with Crippen LogP contribution in [0.1, 0.15) is 50.3 Å². The number of fused-ring (bicyclic) bond motifs is 4. The van der Waals surface area contributed by atoms with E-state index in [9.17, 15) is 4.79 Å². The van der Waals surface area contributed by atoms with Gasteiger partial charge in [-0.05, 0) is 48.7 Å². The summed E-state index contributed by atoms with van der Waals surface area (Å²) < 4.78 is 6.27. The van der Waals surface area contributed by atoms with Crippen molar-refractivity contribution in [1.82, 2.24) is 5.32 Å². The molecule has 2 aromatic carbocycles. The Bertz CT molecular complexity index is 834. The van der Waals surface area contributed by atoms with E-state index in [1.54, 1.807) is 4.90 Å². The van der Waals surface area contributed by atoms with Gasteiger partial charge in [0.25, 0.3) is 0 Å². The van der Waals surface area contributed by atoms with Crippen LogP contribution in [-0.4, -0.2) is 11.8 Å². The SMILES string of the molecule is CC(C)c1ccc(N2C(=O)N[C@H]3C[C@@]2(C)Oc2ccc(Cl)cc23)cc1. The summed E-state index contributed by atoms with van der Waals surface area (Å²) in [6.07, 6.45) is 0.665. The number of amides is 2. The van der Waals surface area contributed by atoms with Crippen molar-refractivity contribution in [3.63, 3.8) is 0 Å². The minimum atomic E-state index is -0.729. The van der Waals surface area contributed by atoms with Crippen molar-refractivity contribution in [1.29, 1.82) is 0 Å². The molecule has 0 saturated carbocycles. The Labute approximate surface area is 152 Å². The maximum Gasteiger partial charge on any atom is 0.325 e. The molecule has 4 nitrogen and oxygen atoms in total. The molecule has 4 rings (SSSR count). The largest absolute Gasteiger partial charge is 0.467 e. The normalized spacial score (nSPS) is 24.6. The van der Waals surface area contributed by atoms with Crippen LogP contribution < -0.4 is 15.0 Å². The van der Waals surface area contributed by atoms with E-state index >= 15 is 0 Å². The monoisotopic (exact) mass is 356 g/mol. The summed E-state index contributed by atoms with van der Waals surface area (Å²) in [5.74, 6) is 1.22. The molecule has 2 bridgehead atoms. The Kier molecular flexibility index (Phi) is 3.69. The molecule has 0 radical (unpaired) electrons. The minimum absolute atomic E-state index is 0.0915. The number of anilines is 1. The molecular weight excluding hydrogens is 336 g/mol. The van der Waals surface area contributed by atoms with Gasteiger partial charge in [0.15, 0.2) is 5.72 Å². The number of nitrogens with zero attached hydrogens (tertiary/aromatic N) is 1. The number of hydrogen-bond donors (Lipinski definition) is 1. The second-order valence-electron chi connectivity index (χ2n) is 7.25. The van der Waals surface area contributed by atoms with E-state index in [0.29, 0.717) is 17.4 Å². The van der Waals surface area contributed by atoms with Crippen LogP contribution in [0, 0.1) is 0 Å². The summed E-state index contributed by atoms with van der Waals surface area (Å²) in [7, 11) is 0. The third-order valence-corrected chi connectivity index (χ3v) is 5.29. The van der Waals surface area contributed by atoms with Crippen molar-refractivity contribution in [2.45, 2.75) is 44.9 Å². The number of nitrogens with one attached hydrogen (secondary N) is 1. The second-order valence-corrected chi connectivity index (χ2v) is 7.68. The molecule has 2 aliphatic heterocycles. The fraction of sp³-hybridized carbons (Fsp3) is 0.350. The standard InChI is InChI=1S/C20H21ClN2O2/c1-12(2)13-4-7-15(8-5-13)23-19(24)22-17-11-20(23,3)25-18-9-6-14(21)10-16(17)18/h4-10,12,17H,11H2,1-3H3,(H,22,24)/t17-,20+/m0/s1. The Balaban J connectivity index is 1.73. The maximum absolute atomic E-state index is 12.8. The first kappa shape index (κ1) is 16.3. The van der Waals surface area contributed by atoms with Gasteiger partial charge in [-0.3, -0.25) is 4.90 Å². The number of rotatable bonds is 2. The lowest BCUT2D eigenvalue weighted by molar-refractivity contribution is 0.0379. The fourth-order valence-corrected chi connectivity index (χ4v) is 3.93. The van der Waals surface area contributed by atoms with Crippen molar-refractivity contribution in [3.05, 3.63) is 58.6 Å². The van der Waals surface area contributed by atoms with Crippen molar-refractivity contribution in [2.75, 3.05) is 4.90 Å². The van der Waals surface area contributed by atoms with Gasteiger partial charge in [-0.1, -0.05) is 37.6 Å². The first-order valence-electron chi connectivity index (χ1n) is 8.56. The molecule has 2 heterocycles. The lowest BCUT2D eigenvalue weighted by Crippen LogP contribution is -2.65. The van der Waals surface area contributed by atoms with Gasteiger partial charge < -0.3 is 10.1 Å². The highest BCUT2D eigenvalue weighted by molar-refractivity contribution is 6.30.